The van der Waals surface area contributed by atoms with E-state index in [1.807, 2.05) is 0 Å². The number of halogens is 2. The van der Waals surface area contributed by atoms with Crippen molar-refractivity contribution in [3.05, 3.63) is 0 Å². The van der Waals surface area contributed by atoms with E-state index in [1.54, 1.807) is 24.6 Å². The highest BCUT2D eigenvalue weighted by atomic mass is 32.2. The third kappa shape index (κ3) is 2.89. The van der Waals surface area contributed by atoms with Crippen LogP contribution in [-0.2, 0) is 10.0 Å². The van der Waals surface area contributed by atoms with E-state index in [9.17, 15) is 17.2 Å². The van der Waals surface area contributed by atoms with Crippen molar-refractivity contribution >= 4 is 10.0 Å². The molecule has 0 aliphatic rings. The SMILES string of the molecule is CCC(C#N)(CC)NS(=O)(=O)C(F)F. The molecule has 0 saturated heterocycles. The predicted molar refractivity (Wildman–Crippen MR) is 47.0 cm³/mol. The number of hydrogen-bond acceptors (Lipinski definition) is 3. The Hall–Kier alpha value is -0.740. The summed E-state index contributed by atoms with van der Waals surface area (Å²) in [6.07, 6.45) is 0.290. The number of alkyl halides is 2. The standard InChI is InChI=1S/C7H12F2N2O2S/c1-3-7(4-2,5-10)11-14(12,13)6(8)9/h6,11H,3-4H2,1-2H3. The predicted octanol–water partition coefficient (Wildman–Crippen LogP) is 1.21. The van der Waals surface area contributed by atoms with Crippen LogP contribution in [0.2, 0.25) is 0 Å². The van der Waals surface area contributed by atoms with E-state index < -0.39 is 21.3 Å². The number of hydrogen-bond donors (Lipinski definition) is 1. The van der Waals surface area contributed by atoms with Gasteiger partial charge in [-0.2, -0.15) is 18.8 Å². The van der Waals surface area contributed by atoms with Crippen molar-refractivity contribution in [1.29, 1.82) is 5.26 Å². The lowest BCUT2D eigenvalue weighted by molar-refractivity contribution is 0.229. The Morgan fingerprint density at radius 2 is 1.86 bits per heavy atom. The van der Waals surface area contributed by atoms with Crippen LogP contribution in [0.3, 0.4) is 0 Å². The Kier molecular flexibility index (Phi) is 4.42. The molecule has 0 aromatic carbocycles. The molecule has 82 valence electrons. The summed E-state index contributed by atoms with van der Waals surface area (Å²) >= 11 is 0. The molecular weight excluding hydrogens is 214 g/mol. The summed E-state index contributed by atoms with van der Waals surface area (Å²) in [5.41, 5.74) is -1.42. The molecule has 0 heterocycles. The molecule has 0 aliphatic heterocycles. The second-order valence-corrected chi connectivity index (χ2v) is 4.46. The van der Waals surface area contributed by atoms with Crippen LogP contribution >= 0.6 is 0 Å². The van der Waals surface area contributed by atoms with Gasteiger partial charge < -0.3 is 0 Å². The summed E-state index contributed by atoms with van der Waals surface area (Å²) in [7, 11) is -4.70. The van der Waals surface area contributed by atoms with Crippen LogP contribution in [-0.4, -0.2) is 19.7 Å². The highest BCUT2D eigenvalue weighted by Crippen LogP contribution is 2.17. The molecule has 0 spiro atoms. The van der Waals surface area contributed by atoms with Gasteiger partial charge in [-0.25, -0.2) is 8.42 Å². The average Bonchev–Trinajstić information content (AvgIpc) is 2.14. The molecule has 0 aliphatic carbocycles. The van der Waals surface area contributed by atoms with Crippen LogP contribution in [0.25, 0.3) is 0 Å². The minimum absolute atomic E-state index is 0.145. The third-order valence-corrected chi connectivity index (χ3v) is 3.14. The van der Waals surface area contributed by atoms with Crippen molar-refractivity contribution in [2.24, 2.45) is 0 Å². The molecular formula is C7H12F2N2O2S. The van der Waals surface area contributed by atoms with Crippen LogP contribution < -0.4 is 4.72 Å². The van der Waals surface area contributed by atoms with Gasteiger partial charge in [0.1, 0.15) is 5.54 Å². The zero-order valence-electron chi connectivity index (χ0n) is 7.92. The molecule has 0 radical (unpaired) electrons. The fourth-order valence-corrected chi connectivity index (χ4v) is 1.86. The second-order valence-electron chi connectivity index (χ2n) is 2.81. The quantitative estimate of drug-likeness (QED) is 0.766. The molecule has 0 unspecified atom stereocenters. The van der Waals surface area contributed by atoms with Crippen LogP contribution in [0, 0.1) is 11.3 Å². The first-order valence-electron chi connectivity index (χ1n) is 4.05. The van der Waals surface area contributed by atoms with E-state index in [4.69, 9.17) is 5.26 Å². The lowest BCUT2D eigenvalue weighted by atomic mass is 9.97. The van der Waals surface area contributed by atoms with Crippen LogP contribution in [0.5, 0.6) is 0 Å². The van der Waals surface area contributed by atoms with E-state index in [0.29, 0.717) is 0 Å². The smallest absolute Gasteiger partial charge is 0.206 e. The number of nitriles is 1. The molecule has 0 bridgehead atoms. The summed E-state index contributed by atoms with van der Waals surface area (Å²) in [5, 5.41) is 8.70. The number of rotatable bonds is 5. The van der Waals surface area contributed by atoms with Gasteiger partial charge in [-0.15, -0.1) is 0 Å². The van der Waals surface area contributed by atoms with Crippen molar-refractivity contribution in [3.63, 3.8) is 0 Å². The zero-order chi connectivity index (χ0) is 11.4. The van der Waals surface area contributed by atoms with Gasteiger partial charge in [0.05, 0.1) is 6.07 Å². The molecule has 4 nitrogen and oxygen atoms in total. The maximum absolute atomic E-state index is 12.0. The van der Waals surface area contributed by atoms with Crippen molar-refractivity contribution in [2.45, 2.75) is 38.0 Å². The zero-order valence-corrected chi connectivity index (χ0v) is 8.74. The molecule has 0 aromatic rings. The molecule has 0 atom stereocenters. The lowest BCUT2D eigenvalue weighted by Crippen LogP contribution is -2.48. The van der Waals surface area contributed by atoms with Gasteiger partial charge in [-0.3, -0.25) is 0 Å². The molecule has 0 aromatic heterocycles. The van der Waals surface area contributed by atoms with Gasteiger partial charge >= 0.3 is 5.76 Å². The van der Waals surface area contributed by atoms with Gasteiger partial charge in [0.15, 0.2) is 0 Å². The summed E-state index contributed by atoms with van der Waals surface area (Å²) in [6, 6.07) is 1.70. The molecule has 14 heavy (non-hydrogen) atoms. The van der Waals surface area contributed by atoms with Crippen molar-refractivity contribution in [3.8, 4) is 6.07 Å². The molecule has 0 saturated carbocycles. The topological polar surface area (TPSA) is 70.0 Å². The van der Waals surface area contributed by atoms with Gasteiger partial charge in [0.2, 0.25) is 0 Å². The van der Waals surface area contributed by atoms with E-state index in [1.165, 1.54) is 0 Å². The first kappa shape index (κ1) is 13.3. The normalized spacial score (nSPS) is 12.9. The number of sulfonamides is 1. The van der Waals surface area contributed by atoms with Crippen molar-refractivity contribution in [1.82, 2.24) is 4.72 Å². The highest BCUT2D eigenvalue weighted by molar-refractivity contribution is 7.89. The van der Waals surface area contributed by atoms with Crippen molar-refractivity contribution in [2.75, 3.05) is 0 Å². The van der Waals surface area contributed by atoms with Gasteiger partial charge in [-0.05, 0) is 12.8 Å². The van der Waals surface area contributed by atoms with Crippen LogP contribution in [0.1, 0.15) is 26.7 Å². The Morgan fingerprint density at radius 1 is 1.43 bits per heavy atom. The first-order chi connectivity index (χ1) is 6.33. The Balaban J connectivity index is 4.90. The maximum atomic E-state index is 12.0. The van der Waals surface area contributed by atoms with Gasteiger partial charge in [0, 0.05) is 0 Å². The lowest BCUT2D eigenvalue weighted by Gasteiger charge is -2.24. The Morgan fingerprint density at radius 3 is 2.07 bits per heavy atom. The maximum Gasteiger partial charge on any atom is 0.350 e. The molecule has 7 heteroatoms. The monoisotopic (exact) mass is 226 g/mol. The minimum atomic E-state index is -4.70. The van der Waals surface area contributed by atoms with Gasteiger partial charge in [0.25, 0.3) is 10.0 Å². The fraction of sp³-hybridized carbons (Fsp3) is 0.857. The number of nitrogens with zero attached hydrogens (tertiary/aromatic N) is 1. The summed E-state index contributed by atoms with van der Waals surface area (Å²) in [4.78, 5) is 0. The van der Waals surface area contributed by atoms with E-state index >= 15 is 0 Å². The van der Waals surface area contributed by atoms with Crippen LogP contribution in [0.15, 0.2) is 0 Å². The molecule has 0 rings (SSSR count). The summed E-state index contributed by atoms with van der Waals surface area (Å²) in [5.74, 6) is -3.51. The Bertz CT molecular complexity index is 317. The highest BCUT2D eigenvalue weighted by Gasteiger charge is 2.35. The van der Waals surface area contributed by atoms with Gasteiger partial charge in [-0.1, -0.05) is 13.8 Å². The summed E-state index contributed by atoms with van der Waals surface area (Å²) < 4.78 is 47.3. The second kappa shape index (κ2) is 4.66. The first-order valence-corrected chi connectivity index (χ1v) is 5.60. The molecule has 0 fully saturated rings. The Labute approximate surface area is 82.0 Å². The molecule has 0 amide bonds. The summed E-state index contributed by atoms with van der Waals surface area (Å²) in [6.45, 7) is 3.11. The minimum Gasteiger partial charge on any atom is -0.206 e. The van der Waals surface area contributed by atoms with E-state index in [-0.39, 0.29) is 12.8 Å². The van der Waals surface area contributed by atoms with Crippen LogP contribution in [0.4, 0.5) is 8.78 Å². The molecule has 1 N–H and O–H groups in total. The largest absolute Gasteiger partial charge is 0.350 e. The number of nitrogens with one attached hydrogen (secondary N) is 1. The third-order valence-electron chi connectivity index (χ3n) is 1.99. The average molecular weight is 226 g/mol. The van der Waals surface area contributed by atoms with Crippen molar-refractivity contribution < 1.29 is 17.2 Å². The van der Waals surface area contributed by atoms with E-state index in [2.05, 4.69) is 0 Å². The van der Waals surface area contributed by atoms with E-state index in [0.717, 1.165) is 0 Å². The fourth-order valence-electron chi connectivity index (χ4n) is 0.892.